The normalized spacial score (nSPS) is 8.67. The summed E-state index contributed by atoms with van der Waals surface area (Å²) < 4.78 is 1.58. The van der Waals surface area contributed by atoms with E-state index in [2.05, 4.69) is 5.10 Å². The fourth-order valence-corrected chi connectivity index (χ4v) is 0.543. The quantitative estimate of drug-likeness (QED) is 0.386. The van der Waals surface area contributed by atoms with Crippen molar-refractivity contribution in [2.24, 2.45) is 7.05 Å². The Bertz CT molecular complexity index is 175. The second-order valence-corrected chi connectivity index (χ2v) is 1.59. The van der Waals surface area contributed by atoms with Crippen LogP contribution < -0.4 is 56.5 Å². The van der Waals surface area contributed by atoms with Crippen LogP contribution >= 0.6 is 0 Å². The van der Waals surface area contributed by atoms with Gasteiger partial charge in [-0.1, -0.05) is 6.61 Å². The van der Waals surface area contributed by atoms with E-state index in [0.29, 0.717) is 0 Å². The number of rotatable bonds is 1. The molecule has 0 aliphatic heterocycles. The molecule has 3 nitrogen and oxygen atoms in total. The first-order valence-corrected chi connectivity index (χ1v) is 2.39. The molecule has 0 saturated heterocycles. The zero-order valence-corrected chi connectivity index (χ0v) is 8.79. The zero-order valence-electron chi connectivity index (χ0n) is 5.66. The molecule has 0 fully saturated rings. The smallest absolute Gasteiger partial charge is 0.850 e. The van der Waals surface area contributed by atoms with Crippen molar-refractivity contribution in [2.75, 3.05) is 0 Å². The van der Waals surface area contributed by atoms with Crippen molar-refractivity contribution in [3.63, 3.8) is 0 Å². The van der Waals surface area contributed by atoms with Gasteiger partial charge < -0.3 is 5.11 Å². The molecule has 0 atom stereocenters. The van der Waals surface area contributed by atoms with Gasteiger partial charge in [0, 0.05) is 18.9 Å². The topological polar surface area (TPSA) is 40.9 Å². The summed E-state index contributed by atoms with van der Waals surface area (Å²) in [5.74, 6) is 0. The van der Waals surface area contributed by atoms with Gasteiger partial charge in [0.15, 0.2) is 0 Å². The molecule has 0 amide bonds. The van der Waals surface area contributed by atoms with Crippen LogP contribution in [0.5, 0.6) is 0 Å². The average Bonchev–Trinajstić information content (AvgIpc) is 2.14. The van der Waals surface area contributed by atoms with Crippen LogP contribution in [0.4, 0.5) is 0 Å². The summed E-state index contributed by atoms with van der Waals surface area (Å²) in [4.78, 5) is 0. The molecule has 1 heterocycles. The van der Waals surface area contributed by atoms with Crippen molar-refractivity contribution in [1.29, 1.82) is 0 Å². The Kier molecular flexibility index (Phi) is 5.01. The summed E-state index contributed by atoms with van der Waals surface area (Å²) in [5, 5.41) is 14.0. The Morgan fingerprint density at radius 1 is 1.78 bits per heavy atom. The monoisotopic (exact) mass is 150 g/mol. The van der Waals surface area contributed by atoms with E-state index in [9.17, 15) is 5.11 Å². The largest absolute Gasteiger partial charge is 1.00 e. The number of hydrogen-bond donors (Lipinski definition) is 0. The summed E-state index contributed by atoms with van der Waals surface area (Å²) in [5.41, 5.74) is 0.727. The van der Waals surface area contributed by atoms with Gasteiger partial charge in [-0.25, -0.2) is 0 Å². The van der Waals surface area contributed by atoms with Crippen LogP contribution in [0.25, 0.3) is 0 Å². The van der Waals surface area contributed by atoms with E-state index < -0.39 is 0 Å². The molecule has 1 aromatic heterocycles. The average molecular weight is 150 g/mol. The fraction of sp³-hybridized carbons (Fsp3) is 0.400. The van der Waals surface area contributed by atoms with Gasteiger partial charge in [0.05, 0.1) is 0 Å². The third-order valence-corrected chi connectivity index (χ3v) is 1.07. The minimum absolute atomic E-state index is 0. The molecule has 0 aliphatic rings. The maximum absolute atomic E-state index is 10.2. The first-order valence-electron chi connectivity index (χ1n) is 2.39. The van der Waals surface area contributed by atoms with Gasteiger partial charge in [0.25, 0.3) is 0 Å². The molecule has 1 rings (SSSR count). The first-order chi connectivity index (χ1) is 3.84. The Labute approximate surface area is 96.5 Å². The summed E-state index contributed by atoms with van der Waals surface area (Å²) >= 11 is 0. The van der Waals surface area contributed by atoms with Crippen LogP contribution in [-0.2, 0) is 13.7 Å². The van der Waals surface area contributed by atoms with Crippen LogP contribution in [0.3, 0.4) is 0 Å². The van der Waals surface area contributed by atoms with E-state index in [4.69, 9.17) is 0 Å². The van der Waals surface area contributed by atoms with Crippen molar-refractivity contribution in [1.82, 2.24) is 9.78 Å². The van der Waals surface area contributed by atoms with Crippen LogP contribution in [0.2, 0.25) is 0 Å². The molecule has 44 valence electrons. The maximum atomic E-state index is 10.2. The Morgan fingerprint density at radius 3 is 2.67 bits per heavy atom. The molecule has 4 heteroatoms. The van der Waals surface area contributed by atoms with Gasteiger partial charge in [-0.2, -0.15) is 5.10 Å². The van der Waals surface area contributed by atoms with Crippen LogP contribution in [0.1, 0.15) is 5.69 Å². The molecule has 0 aliphatic carbocycles. The van der Waals surface area contributed by atoms with E-state index in [1.807, 2.05) is 0 Å². The van der Waals surface area contributed by atoms with E-state index in [1.165, 1.54) is 0 Å². The molecule has 9 heavy (non-hydrogen) atoms. The molecule has 0 N–H and O–H groups in total. The predicted molar refractivity (Wildman–Crippen MR) is 26.9 cm³/mol. The van der Waals surface area contributed by atoms with Gasteiger partial charge in [0.1, 0.15) is 0 Å². The predicted octanol–water partition coefficient (Wildman–Crippen LogP) is -3.72. The zero-order chi connectivity index (χ0) is 5.98. The summed E-state index contributed by atoms with van der Waals surface area (Å²) in [6.07, 6.45) is 1.62. The van der Waals surface area contributed by atoms with Crippen molar-refractivity contribution >= 4 is 0 Å². The van der Waals surface area contributed by atoms with Crippen molar-refractivity contribution in [2.45, 2.75) is 6.61 Å². The second-order valence-electron chi connectivity index (χ2n) is 1.59. The van der Waals surface area contributed by atoms with E-state index >= 15 is 0 Å². The van der Waals surface area contributed by atoms with Crippen LogP contribution in [0.15, 0.2) is 12.3 Å². The Balaban J connectivity index is 0.000000640. The first kappa shape index (κ1) is 9.81. The van der Waals surface area contributed by atoms with Crippen molar-refractivity contribution in [3.05, 3.63) is 18.0 Å². The van der Waals surface area contributed by atoms with E-state index in [1.54, 1.807) is 24.0 Å². The Hall–Kier alpha value is 0.806. The molecule has 0 unspecified atom stereocenters. The SMILES string of the molecule is Cn1nccc1C[O-].[K+]. The number of aromatic nitrogens is 2. The minimum Gasteiger partial charge on any atom is -0.850 e. The molecule has 1 aromatic rings. The second kappa shape index (κ2) is 4.60. The molecule has 0 radical (unpaired) electrons. The summed E-state index contributed by atoms with van der Waals surface area (Å²) in [6, 6.07) is 1.72. The van der Waals surface area contributed by atoms with Gasteiger partial charge in [-0.05, 0) is 6.07 Å². The standard InChI is InChI=1S/C5H7N2O.K/c1-7-5(4-8)2-3-6-7;/h2-3H,4H2,1H3;/q-1;+1. The minimum atomic E-state index is -0.184. The maximum Gasteiger partial charge on any atom is 1.00 e. The van der Waals surface area contributed by atoms with Crippen molar-refractivity contribution in [3.8, 4) is 0 Å². The van der Waals surface area contributed by atoms with Crippen LogP contribution in [-0.4, -0.2) is 9.78 Å². The molecule has 0 bridgehead atoms. The third kappa shape index (κ3) is 2.49. The Morgan fingerprint density at radius 2 is 2.44 bits per heavy atom. The third-order valence-electron chi connectivity index (χ3n) is 1.07. The van der Waals surface area contributed by atoms with Gasteiger partial charge in [0.2, 0.25) is 0 Å². The van der Waals surface area contributed by atoms with Gasteiger partial charge in [-0.3, -0.25) is 4.68 Å². The summed E-state index contributed by atoms with van der Waals surface area (Å²) in [7, 11) is 1.76. The molecular formula is C5H7KN2O. The van der Waals surface area contributed by atoms with Gasteiger partial charge in [-0.15, -0.1) is 0 Å². The van der Waals surface area contributed by atoms with E-state index in [0.717, 1.165) is 5.69 Å². The number of nitrogens with zero attached hydrogens (tertiary/aromatic N) is 2. The van der Waals surface area contributed by atoms with Gasteiger partial charge >= 0.3 is 51.4 Å². The van der Waals surface area contributed by atoms with Crippen molar-refractivity contribution < 1.29 is 56.5 Å². The summed E-state index contributed by atoms with van der Waals surface area (Å²) in [6.45, 7) is -0.184. The van der Waals surface area contributed by atoms with Crippen LogP contribution in [0, 0.1) is 0 Å². The molecule has 0 aromatic carbocycles. The number of aryl methyl sites for hydroxylation is 1. The van der Waals surface area contributed by atoms with E-state index in [-0.39, 0.29) is 58.0 Å². The molecule has 0 saturated carbocycles. The fourth-order valence-electron chi connectivity index (χ4n) is 0.543. The molecular weight excluding hydrogens is 143 g/mol. The number of hydrogen-bond acceptors (Lipinski definition) is 2. The molecule has 0 spiro atoms.